The van der Waals surface area contributed by atoms with Crippen molar-refractivity contribution in [3.05, 3.63) is 102 Å². The molecule has 9 heteroatoms. The van der Waals surface area contributed by atoms with E-state index in [0.717, 1.165) is 54.5 Å². The van der Waals surface area contributed by atoms with Crippen LogP contribution in [0.15, 0.2) is 81.7 Å². The number of hydrogen-bond donors (Lipinski definition) is 0. The molecule has 0 N–H and O–H groups in total. The van der Waals surface area contributed by atoms with Crippen molar-refractivity contribution < 1.29 is 4.74 Å². The first-order chi connectivity index (χ1) is 25.7. The average molecular weight is 989 g/mol. The van der Waals surface area contributed by atoms with Crippen molar-refractivity contribution in [2.75, 3.05) is 13.2 Å². The Bertz CT molecular complexity index is 1670. The van der Waals surface area contributed by atoms with E-state index in [1.165, 1.54) is 23.2 Å². The molecular weight excluding hydrogens is 926 g/mol. The molecule has 0 bridgehead atoms. The van der Waals surface area contributed by atoms with Gasteiger partial charge < -0.3 is 4.74 Å². The van der Waals surface area contributed by atoms with Crippen molar-refractivity contribution in [1.29, 1.82) is 0 Å². The van der Waals surface area contributed by atoms with Crippen molar-refractivity contribution in [2.24, 2.45) is 0 Å². The van der Waals surface area contributed by atoms with Gasteiger partial charge in [0.2, 0.25) is 0 Å². The van der Waals surface area contributed by atoms with Crippen molar-refractivity contribution in [3.63, 3.8) is 0 Å². The van der Waals surface area contributed by atoms with E-state index in [0.29, 0.717) is 43.3 Å². The molecule has 0 unspecified atom stereocenters. The minimum Gasteiger partial charge on any atom is -0.381 e. The summed E-state index contributed by atoms with van der Waals surface area (Å²) in [6, 6.07) is 25.2. The van der Waals surface area contributed by atoms with Crippen LogP contribution >= 0.6 is 78.3 Å². The number of halogens is 6. The van der Waals surface area contributed by atoms with E-state index >= 15 is 0 Å². The number of benzene rings is 4. The molecule has 0 atom stereocenters. The van der Waals surface area contributed by atoms with E-state index in [1.54, 1.807) is 0 Å². The third-order valence-corrected chi connectivity index (χ3v) is 28.3. The van der Waals surface area contributed by atoms with Crippen LogP contribution in [0, 0.1) is 0 Å². The van der Waals surface area contributed by atoms with E-state index < -0.39 is 16.1 Å². The Kier molecular flexibility index (Phi) is 19.1. The SMILES string of the molecule is C1CCOC1.CC(C)[Si](c1ccc(-c2ccc([Si](C(C)C)(C(C)C)C(C)C)cc2Cl)c(Cl)c1)(C(C)C)C(C)C.Clc1cc(Br)ccc1-c1ccc(Br)cc1Cl. The van der Waals surface area contributed by atoms with Gasteiger partial charge >= 0.3 is 0 Å². The van der Waals surface area contributed by atoms with E-state index in [4.69, 9.17) is 51.1 Å². The molecule has 1 nitrogen and oxygen atoms in total. The van der Waals surface area contributed by atoms with E-state index in [2.05, 4.69) is 151 Å². The standard InChI is InChI=1S/C30H48Cl2Si2.C12H6Br2Cl2.C4H8O/c1-19(2)33(20(3)4,21(5)6)25-13-15-27(29(31)17-25)28-16-14-26(18-30(28)32)34(22(7)8,23(9)10)24(11)12;13-7-1-3-9(11(15)5-7)10-4-2-8(14)6-12(10)16;1-2-4-5-3-1/h13-24H,1-12H3;1-6H;1-4H2. The van der Waals surface area contributed by atoms with Crippen LogP contribution in [-0.2, 0) is 4.74 Å². The molecule has 4 aromatic carbocycles. The summed E-state index contributed by atoms with van der Waals surface area (Å²) in [5, 5.41) is 5.95. The molecule has 302 valence electrons. The third kappa shape index (κ3) is 11.2. The van der Waals surface area contributed by atoms with E-state index in [9.17, 15) is 0 Å². The second-order valence-corrected chi connectivity index (χ2v) is 32.0. The van der Waals surface area contributed by atoms with Gasteiger partial charge in [-0.15, -0.1) is 0 Å². The second kappa shape index (κ2) is 21.6. The van der Waals surface area contributed by atoms with Gasteiger partial charge in [-0.2, -0.15) is 0 Å². The fraction of sp³-hybridized carbons (Fsp3) is 0.478. The fourth-order valence-corrected chi connectivity index (χ4v) is 25.8. The minimum absolute atomic E-state index is 0.651. The Labute approximate surface area is 372 Å². The normalized spacial score (nSPS) is 13.5. The first-order valence-electron chi connectivity index (χ1n) is 19.8. The molecule has 1 saturated heterocycles. The Morgan fingerprint density at radius 3 is 0.873 bits per heavy atom. The fourth-order valence-electron chi connectivity index (χ4n) is 9.93. The molecule has 1 heterocycles. The summed E-state index contributed by atoms with van der Waals surface area (Å²) >= 11 is 33.1. The summed E-state index contributed by atoms with van der Waals surface area (Å²) in [5.41, 5.74) is 7.87. The molecule has 4 aromatic rings. The summed E-state index contributed by atoms with van der Waals surface area (Å²) in [6.45, 7) is 30.8. The van der Waals surface area contributed by atoms with Crippen LogP contribution in [0.3, 0.4) is 0 Å². The van der Waals surface area contributed by atoms with Crippen molar-refractivity contribution >= 4 is 105 Å². The highest BCUT2D eigenvalue weighted by Gasteiger charge is 2.45. The van der Waals surface area contributed by atoms with Crippen LogP contribution in [0.1, 0.15) is 95.9 Å². The molecular formula is C46H62Br2Cl4OSi2. The van der Waals surface area contributed by atoms with Crippen molar-refractivity contribution in [2.45, 2.75) is 129 Å². The lowest BCUT2D eigenvalue weighted by atomic mass is 10.1. The minimum atomic E-state index is -1.76. The number of ether oxygens (including phenoxy) is 1. The van der Waals surface area contributed by atoms with Crippen LogP contribution in [-0.4, -0.2) is 29.4 Å². The summed E-state index contributed by atoms with van der Waals surface area (Å²) in [4.78, 5) is 0. The van der Waals surface area contributed by atoms with Gasteiger partial charge in [0.1, 0.15) is 0 Å². The van der Waals surface area contributed by atoms with Gasteiger partial charge in [0, 0.05) is 64.5 Å². The maximum absolute atomic E-state index is 7.01. The zero-order valence-electron chi connectivity index (χ0n) is 34.9. The van der Waals surface area contributed by atoms with Gasteiger partial charge in [-0.1, -0.05) is 208 Å². The first kappa shape index (κ1) is 48.8. The monoisotopic (exact) mass is 984 g/mol. The maximum Gasteiger partial charge on any atom is 0.0943 e. The quantitative estimate of drug-likeness (QED) is 0.144. The highest BCUT2D eigenvalue weighted by molar-refractivity contribution is 9.10. The highest BCUT2D eigenvalue weighted by Crippen LogP contribution is 2.44. The molecule has 1 aliphatic rings. The molecule has 1 fully saturated rings. The van der Waals surface area contributed by atoms with Crippen LogP contribution in [0.2, 0.25) is 53.3 Å². The molecule has 0 radical (unpaired) electrons. The molecule has 0 spiro atoms. The van der Waals surface area contributed by atoms with Crippen molar-refractivity contribution in [1.82, 2.24) is 0 Å². The Morgan fingerprint density at radius 2 is 0.673 bits per heavy atom. The van der Waals surface area contributed by atoms with Crippen LogP contribution in [0.25, 0.3) is 22.3 Å². The molecule has 0 saturated carbocycles. The Balaban J connectivity index is 0.000000314. The molecule has 0 aliphatic carbocycles. The van der Waals surface area contributed by atoms with Gasteiger partial charge in [-0.3, -0.25) is 0 Å². The Morgan fingerprint density at radius 1 is 0.418 bits per heavy atom. The molecule has 0 aromatic heterocycles. The molecule has 1 aliphatic heterocycles. The molecule has 5 rings (SSSR count). The zero-order chi connectivity index (χ0) is 41.4. The van der Waals surface area contributed by atoms with Gasteiger partial charge in [-0.05, 0) is 82.5 Å². The number of rotatable bonds is 10. The first-order valence-corrected chi connectivity index (χ1v) is 27.4. The lowest BCUT2D eigenvalue weighted by Gasteiger charge is -2.44. The van der Waals surface area contributed by atoms with Crippen LogP contribution < -0.4 is 10.4 Å². The smallest absolute Gasteiger partial charge is 0.0943 e. The van der Waals surface area contributed by atoms with Crippen LogP contribution in [0.4, 0.5) is 0 Å². The average Bonchev–Trinajstić information content (AvgIpc) is 3.67. The lowest BCUT2D eigenvalue weighted by Crippen LogP contribution is -2.55. The number of hydrogen-bond acceptors (Lipinski definition) is 1. The summed E-state index contributed by atoms with van der Waals surface area (Å²) in [7, 11) is -3.51. The third-order valence-electron chi connectivity index (χ3n) is 11.9. The Hall–Kier alpha value is -0.606. The van der Waals surface area contributed by atoms with Gasteiger partial charge in [0.05, 0.1) is 16.1 Å². The summed E-state index contributed by atoms with van der Waals surface area (Å²) in [6.07, 6.45) is 2.56. The van der Waals surface area contributed by atoms with Gasteiger partial charge in [0.15, 0.2) is 0 Å². The molecule has 0 amide bonds. The highest BCUT2D eigenvalue weighted by atomic mass is 79.9. The van der Waals surface area contributed by atoms with Crippen molar-refractivity contribution in [3.8, 4) is 22.3 Å². The largest absolute Gasteiger partial charge is 0.381 e. The lowest BCUT2D eigenvalue weighted by molar-refractivity contribution is 0.198. The molecule has 55 heavy (non-hydrogen) atoms. The topological polar surface area (TPSA) is 9.23 Å². The van der Waals surface area contributed by atoms with E-state index in [-0.39, 0.29) is 0 Å². The maximum atomic E-state index is 7.01. The van der Waals surface area contributed by atoms with Crippen LogP contribution in [0.5, 0.6) is 0 Å². The van der Waals surface area contributed by atoms with Gasteiger partial charge in [-0.25, -0.2) is 0 Å². The summed E-state index contributed by atoms with van der Waals surface area (Å²) in [5.74, 6) is 0. The van der Waals surface area contributed by atoms with Gasteiger partial charge in [0.25, 0.3) is 0 Å². The van der Waals surface area contributed by atoms with E-state index in [1.807, 2.05) is 36.4 Å². The zero-order valence-corrected chi connectivity index (χ0v) is 43.1. The second-order valence-electron chi connectivity index (χ2n) is 16.8. The summed E-state index contributed by atoms with van der Waals surface area (Å²) < 4.78 is 6.85. The predicted molar refractivity (Wildman–Crippen MR) is 261 cm³/mol. The predicted octanol–water partition coefficient (Wildman–Crippen LogP) is 17.4.